The number of benzene rings is 1. The van der Waals surface area contributed by atoms with Crippen molar-refractivity contribution in [2.45, 2.75) is 20.3 Å². The van der Waals surface area contributed by atoms with E-state index in [1.54, 1.807) is 0 Å². The second-order valence-electron chi connectivity index (χ2n) is 3.89. The molecule has 1 aromatic carbocycles. The van der Waals surface area contributed by atoms with E-state index in [1.165, 1.54) is 0 Å². The van der Waals surface area contributed by atoms with Gasteiger partial charge in [0.15, 0.2) is 0 Å². The zero-order valence-corrected chi connectivity index (χ0v) is 10.7. The van der Waals surface area contributed by atoms with E-state index in [0.717, 1.165) is 24.5 Å². The molecule has 0 aromatic heterocycles. The summed E-state index contributed by atoms with van der Waals surface area (Å²) in [5, 5.41) is 0. The monoisotopic (exact) mass is 242 g/mol. The van der Waals surface area contributed by atoms with E-state index < -0.39 is 0 Å². The molecule has 0 saturated heterocycles. The van der Waals surface area contributed by atoms with Crippen LogP contribution in [0.2, 0.25) is 0 Å². The van der Waals surface area contributed by atoms with Gasteiger partial charge in [0.1, 0.15) is 11.5 Å². The lowest BCUT2D eigenvalue weighted by atomic mass is 10.2. The molecule has 0 aliphatic heterocycles. The summed E-state index contributed by atoms with van der Waals surface area (Å²) in [7, 11) is 0. The minimum Gasteiger partial charge on any atom is -0.494 e. The first kappa shape index (κ1) is 13.2. The maximum atomic E-state index is 5.70. The SMILES string of the molecule is CCCOc1ccc(OCC(C)CCl)cc1. The van der Waals surface area contributed by atoms with Gasteiger partial charge in [-0.25, -0.2) is 0 Å². The van der Waals surface area contributed by atoms with Crippen molar-refractivity contribution in [1.82, 2.24) is 0 Å². The molecule has 0 amide bonds. The second-order valence-corrected chi connectivity index (χ2v) is 4.20. The van der Waals surface area contributed by atoms with E-state index in [2.05, 4.69) is 13.8 Å². The van der Waals surface area contributed by atoms with Gasteiger partial charge in [-0.2, -0.15) is 0 Å². The quantitative estimate of drug-likeness (QED) is 0.679. The van der Waals surface area contributed by atoms with Crippen LogP contribution in [0.15, 0.2) is 24.3 Å². The zero-order valence-electron chi connectivity index (χ0n) is 9.91. The Labute approximate surface area is 103 Å². The van der Waals surface area contributed by atoms with Crippen molar-refractivity contribution >= 4 is 11.6 Å². The third-order valence-electron chi connectivity index (χ3n) is 2.09. The van der Waals surface area contributed by atoms with Crippen molar-refractivity contribution in [3.05, 3.63) is 24.3 Å². The van der Waals surface area contributed by atoms with Crippen molar-refractivity contribution in [3.8, 4) is 11.5 Å². The van der Waals surface area contributed by atoms with Crippen LogP contribution < -0.4 is 9.47 Å². The summed E-state index contributed by atoms with van der Waals surface area (Å²) >= 11 is 5.70. The fourth-order valence-corrected chi connectivity index (χ4v) is 1.22. The Bertz CT molecular complexity index is 284. The molecule has 90 valence electrons. The third kappa shape index (κ3) is 4.75. The van der Waals surface area contributed by atoms with Gasteiger partial charge in [-0.05, 0) is 30.7 Å². The number of halogens is 1. The Kier molecular flexibility index (Phi) is 6.09. The molecule has 0 radical (unpaired) electrons. The normalized spacial score (nSPS) is 12.2. The molecule has 0 aliphatic rings. The second kappa shape index (κ2) is 7.39. The Balaban J connectivity index is 2.38. The fraction of sp³-hybridized carbons (Fsp3) is 0.538. The van der Waals surface area contributed by atoms with Crippen LogP contribution in [0.5, 0.6) is 11.5 Å². The van der Waals surface area contributed by atoms with Gasteiger partial charge in [-0.1, -0.05) is 13.8 Å². The number of hydrogen-bond acceptors (Lipinski definition) is 2. The van der Waals surface area contributed by atoms with Crippen LogP contribution in [0.1, 0.15) is 20.3 Å². The molecule has 0 N–H and O–H groups in total. The van der Waals surface area contributed by atoms with E-state index in [9.17, 15) is 0 Å². The summed E-state index contributed by atoms with van der Waals surface area (Å²) in [6, 6.07) is 7.70. The zero-order chi connectivity index (χ0) is 11.8. The highest BCUT2D eigenvalue weighted by atomic mass is 35.5. The Morgan fingerprint density at radius 1 is 1.12 bits per heavy atom. The summed E-state index contributed by atoms with van der Waals surface area (Å²) in [5.74, 6) is 2.75. The summed E-state index contributed by atoms with van der Waals surface area (Å²) in [4.78, 5) is 0. The molecule has 16 heavy (non-hydrogen) atoms. The number of rotatable bonds is 7. The van der Waals surface area contributed by atoms with Crippen LogP contribution in [0.4, 0.5) is 0 Å². The van der Waals surface area contributed by atoms with E-state index in [4.69, 9.17) is 21.1 Å². The van der Waals surface area contributed by atoms with Crippen LogP contribution in [0, 0.1) is 5.92 Å². The van der Waals surface area contributed by atoms with Gasteiger partial charge in [0.05, 0.1) is 13.2 Å². The third-order valence-corrected chi connectivity index (χ3v) is 2.62. The topological polar surface area (TPSA) is 18.5 Å². The van der Waals surface area contributed by atoms with Crippen LogP contribution >= 0.6 is 11.6 Å². The first-order chi connectivity index (χ1) is 7.76. The fourth-order valence-electron chi connectivity index (χ4n) is 1.14. The largest absolute Gasteiger partial charge is 0.494 e. The van der Waals surface area contributed by atoms with E-state index in [1.807, 2.05) is 24.3 Å². The lowest BCUT2D eigenvalue weighted by Gasteiger charge is -2.10. The Morgan fingerprint density at radius 2 is 1.69 bits per heavy atom. The molecule has 0 spiro atoms. The Morgan fingerprint density at radius 3 is 2.19 bits per heavy atom. The van der Waals surface area contributed by atoms with Crippen molar-refractivity contribution in [2.24, 2.45) is 5.92 Å². The van der Waals surface area contributed by atoms with Crippen molar-refractivity contribution in [3.63, 3.8) is 0 Å². The Hall–Kier alpha value is -0.890. The molecular formula is C13H19ClO2. The van der Waals surface area contributed by atoms with Gasteiger partial charge in [0.25, 0.3) is 0 Å². The highest BCUT2D eigenvalue weighted by Gasteiger charge is 2.01. The molecule has 0 heterocycles. The molecule has 1 atom stereocenters. The van der Waals surface area contributed by atoms with Gasteiger partial charge in [0, 0.05) is 11.8 Å². The maximum absolute atomic E-state index is 5.70. The molecule has 0 bridgehead atoms. The summed E-state index contributed by atoms with van der Waals surface area (Å²) < 4.78 is 11.1. The molecular weight excluding hydrogens is 224 g/mol. The van der Waals surface area contributed by atoms with Gasteiger partial charge >= 0.3 is 0 Å². The average Bonchev–Trinajstić information content (AvgIpc) is 2.34. The van der Waals surface area contributed by atoms with E-state index in [-0.39, 0.29) is 0 Å². The maximum Gasteiger partial charge on any atom is 0.119 e. The smallest absolute Gasteiger partial charge is 0.119 e. The predicted octanol–water partition coefficient (Wildman–Crippen LogP) is 3.73. The minimum absolute atomic E-state index is 0.373. The van der Waals surface area contributed by atoms with Crippen LogP contribution in [0.3, 0.4) is 0 Å². The first-order valence-electron chi connectivity index (χ1n) is 5.68. The molecule has 0 saturated carbocycles. The molecule has 1 unspecified atom stereocenters. The highest BCUT2D eigenvalue weighted by Crippen LogP contribution is 2.18. The molecule has 0 aliphatic carbocycles. The molecule has 0 fully saturated rings. The van der Waals surface area contributed by atoms with Gasteiger partial charge in [-0.3, -0.25) is 0 Å². The number of alkyl halides is 1. The highest BCUT2D eigenvalue weighted by molar-refractivity contribution is 6.18. The average molecular weight is 243 g/mol. The first-order valence-corrected chi connectivity index (χ1v) is 6.21. The van der Waals surface area contributed by atoms with E-state index in [0.29, 0.717) is 18.4 Å². The van der Waals surface area contributed by atoms with Crippen LogP contribution in [-0.2, 0) is 0 Å². The lowest BCUT2D eigenvalue weighted by molar-refractivity contribution is 0.271. The lowest BCUT2D eigenvalue weighted by Crippen LogP contribution is -2.09. The number of ether oxygens (including phenoxy) is 2. The summed E-state index contributed by atoms with van der Waals surface area (Å²) in [6.45, 7) is 5.55. The minimum atomic E-state index is 0.373. The molecule has 2 nitrogen and oxygen atoms in total. The standard InChI is InChI=1S/C13H19ClO2/c1-3-8-15-12-4-6-13(7-5-12)16-10-11(2)9-14/h4-7,11H,3,8-10H2,1-2H3. The summed E-state index contributed by atoms with van der Waals surface area (Å²) in [6.07, 6.45) is 1.02. The van der Waals surface area contributed by atoms with E-state index >= 15 is 0 Å². The summed E-state index contributed by atoms with van der Waals surface area (Å²) in [5.41, 5.74) is 0. The van der Waals surface area contributed by atoms with Crippen LogP contribution in [0.25, 0.3) is 0 Å². The van der Waals surface area contributed by atoms with Crippen molar-refractivity contribution < 1.29 is 9.47 Å². The van der Waals surface area contributed by atoms with Gasteiger partial charge in [0.2, 0.25) is 0 Å². The molecule has 1 rings (SSSR count). The number of hydrogen-bond donors (Lipinski definition) is 0. The van der Waals surface area contributed by atoms with Crippen molar-refractivity contribution in [2.75, 3.05) is 19.1 Å². The van der Waals surface area contributed by atoms with Crippen LogP contribution in [-0.4, -0.2) is 19.1 Å². The van der Waals surface area contributed by atoms with Crippen molar-refractivity contribution in [1.29, 1.82) is 0 Å². The van der Waals surface area contributed by atoms with Gasteiger partial charge < -0.3 is 9.47 Å². The molecule has 1 aromatic rings. The predicted molar refractivity (Wildman–Crippen MR) is 67.6 cm³/mol. The molecule has 3 heteroatoms. The van der Waals surface area contributed by atoms with Gasteiger partial charge in [-0.15, -0.1) is 11.6 Å².